The van der Waals surface area contributed by atoms with Crippen molar-refractivity contribution in [3.05, 3.63) is 0 Å². The Balaban J connectivity index is 1.20. The van der Waals surface area contributed by atoms with Gasteiger partial charge in [0.25, 0.3) is 17.4 Å². The van der Waals surface area contributed by atoms with Gasteiger partial charge in [-0.05, 0) is 0 Å². The van der Waals surface area contributed by atoms with Crippen LogP contribution in [0.15, 0.2) is 0 Å². The lowest BCUT2D eigenvalue weighted by molar-refractivity contribution is -0.387. The summed E-state index contributed by atoms with van der Waals surface area (Å²) in [6, 6.07) is -11.8. The van der Waals surface area contributed by atoms with Crippen LogP contribution >= 0.6 is 0 Å². The van der Waals surface area contributed by atoms with E-state index in [-0.39, 0.29) is 0 Å². The average molecular weight is 1830 g/mol. The molecule has 0 spiro atoms. The summed E-state index contributed by atoms with van der Waals surface area (Å²) in [5.74, 6) is -22.3. The van der Waals surface area contributed by atoms with Crippen molar-refractivity contribution in [3.8, 4) is 0 Å². The van der Waals surface area contributed by atoms with E-state index in [1.165, 1.54) is 0 Å². The Morgan fingerprint density at radius 3 is 0.976 bits per heavy atom. The van der Waals surface area contributed by atoms with Gasteiger partial charge in [0.15, 0.2) is 31.5 Å². The van der Waals surface area contributed by atoms with Gasteiger partial charge in [-0.1, -0.05) is 0 Å². The van der Waals surface area contributed by atoms with Crippen molar-refractivity contribution < 1.29 is 247 Å². The Hall–Kier alpha value is -6.29. The minimum Gasteiger partial charge on any atom is -0.477 e. The fraction of sp³-hybridized carbons (Fsp3) is 0.870. The molecule has 43 atom stereocenters. The number of nitrogens with one attached hydrogen (secondary N) is 6. The van der Waals surface area contributed by atoms with Crippen LogP contribution in [-0.4, -0.2) is 501 Å². The molecule has 718 valence electrons. The maximum atomic E-state index is 13.6. The first-order chi connectivity index (χ1) is 58.5. The van der Waals surface area contributed by atoms with Gasteiger partial charge in [0.1, 0.15) is 177 Å². The smallest absolute Gasteiger partial charge is 0.364 e. The lowest BCUT2D eigenvalue weighted by atomic mass is 9.88. The fourth-order valence-corrected chi connectivity index (χ4v) is 15.7. The minimum atomic E-state index is -3.36. The molecule has 0 aromatic rings. The van der Waals surface area contributed by atoms with Gasteiger partial charge in [0.05, 0.1) is 89.3 Å². The maximum Gasteiger partial charge on any atom is 0.364 e. The van der Waals surface area contributed by atoms with Gasteiger partial charge in [0, 0.05) is 60.8 Å². The molecule has 8 aliphatic heterocycles. The number of carboxylic acids is 3. The summed E-state index contributed by atoms with van der Waals surface area (Å²) < 4.78 is 88.6. The molecule has 0 aromatic heterocycles. The molecule has 56 nitrogen and oxygen atoms in total. The summed E-state index contributed by atoms with van der Waals surface area (Å²) in [6.45, 7) is -5.18. The quantitative estimate of drug-likeness (QED) is 0.0275. The third-order valence-electron chi connectivity index (χ3n) is 22.0. The van der Waals surface area contributed by atoms with Crippen LogP contribution in [0, 0.1) is 0 Å². The molecule has 0 saturated carbocycles. The van der Waals surface area contributed by atoms with Crippen LogP contribution in [0.1, 0.15) is 60.8 Å². The first kappa shape index (κ1) is 104. The average Bonchev–Trinajstić information content (AvgIpc) is 0.764. The summed E-state index contributed by atoms with van der Waals surface area (Å²) in [5.41, 5.74) is 0. The molecule has 0 radical (unpaired) electrons. The highest BCUT2D eigenvalue weighted by Gasteiger charge is 2.64. The lowest BCUT2D eigenvalue weighted by Gasteiger charge is -2.51. The summed E-state index contributed by atoms with van der Waals surface area (Å²) in [6.07, 6.45) is -82.9. The number of amides is 6. The molecule has 8 aliphatic rings. The largest absolute Gasteiger partial charge is 0.477 e. The van der Waals surface area contributed by atoms with Crippen molar-refractivity contribution >= 4 is 53.4 Å². The summed E-state index contributed by atoms with van der Waals surface area (Å²) >= 11 is 0. The Bertz CT molecular complexity index is 3610. The van der Waals surface area contributed by atoms with E-state index < -0.39 is 388 Å². The Kier molecular flexibility index (Phi) is 36.7. The van der Waals surface area contributed by atoms with Crippen molar-refractivity contribution in [1.82, 2.24) is 31.9 Å². The number of hydrogen-bond acceptors (Lipinski definition) is 47. The number of hydrogen-bond donors (Lipinski definition) is 32. The predicted octanol–water partition coefficient (Wildman–Crippen LogP) is -20.0. The van der Waals surface area contributed by atoms with E-state index in [1.54, 1.807) is 0 Å². The molecule has 8 saturated heterocycles. The van der Waals surface area contributed by atoms with Crippen molar-refractivity contribution in [1.29, 1.82) is 0 Å². The van der Waals surface area contributed by atoms with Crippen LogP contribution in [0.25, 0.3) is 0 Å². The molecule has 1 unspecified atom stereocenters. The highest BCUT2D eigenvalue weighted by Crippen LogP contribution is 2.42. The number of rotatable bonds is 37. The van der Waals surface area contributed by atoms with Crippen LogP contribution < -0.4 is 31.9 Å². The molecule has 0 aromatic carbocycles. The van der Waals surface area contributed by atoms with Gasteiger partial charge in [-0.25, -0.2) is 14.4 Å². The van der Waals surface area contributed by atoms with E-state index in [1.807, 2.05) is 0 Å². The van der Waals surface area contributed by atoms with Crippen molar-refractivity contribution in [2.75, 3.05) is 52.9 Å². The van der Waals surface area contributed by atoms with Gasteiger partial charge < -0.3 is 236 Å². The van der Waals surface area contributed by atoms with Crippen LogP contribution in [0.4, 0.5) is 0 Å². The van der Waals surface area contributed by atoms with E-state index in [0.29, 0.717) is 0 Å². The number of carbonyl (C=O) groups excluding carboxylic acids is 6. The maximum absolute atomic E-state index is 13.6. The second-order valence-corrected chi connectivity index (χ2v) is 31.2. The molecule has 32 N–H and O–H groups in total. The molecular weight excluding hydrogens is 1710 g/mol. The molecule has 125 heavy (non-hydrogen) atoms. The monoisotopic (exact) mass is 1820 g/mol. The predicted molar refractivity (Wildman–Crippen MR) is 386 cm³/mol. The van der Waals surface area contributed by atoms with E-state index in [9.17, 15) is 176 Å². The zero-order chi connectivity index (χ0) is 93.4. The number of aliphatic carboxylic acids is 3. The highest BCUT2D eigenvalue weighted by atomic mass is 16.8. The van der Waals surface area contributed by atoms with E-state index >= 15 is 0 Å². The first-order valence-electron chi connectivity index (χ1n) is 39.0. The summed E-state index contributed by atoms with van der Waals surface area (Å²) in [5, 5.41) is 304. The third-order valence-corrected chi connectivity index (χ3v) is 22.0. The van der Waals surface area contributed by atoms with Crippen LogP contribution in [0.5, 0.6) is 0 Å². The van der Waals surface area contributed by atoms with Crippen molar-refractivity contribution in [3.63, 3.8) is 0 Å². The summed E-state index contributed by atoms with van der Waals surface area (Å²) in [7, 11) is 0. The normalized spacial score (nSPS) is 42.7. The topological polar surface area (TPSA) is 890 Å². The fourth-order valence-electron chi connectivity index (χ4n) is 15.7. The van der Waals surface area contributed by atoms with Crippen LogP contribution in [0.3, 0.4) is 0 Å². The molecule has 8 rings (SSSR count). The van der Waals surface area contributed by atoms with Gasteiger partial charge in [-0.3, -0.25) is 28.8 Å². The van der Waals surface area contributed by atoms with E-state index in [4.69, 9.17) is 71.1 Å². The number of carboxylic acid groups (broad SMARTS) is 3. The van der Waals surface area contributed by atoms with Gasteiger partial charge >= 0.3 is 17.9 Å². The Morgan fingerprint density at radius 1 is 0.320 bits per heavy atom. The van der Waals surface area contributed by atoms with Crippen molar-refractivity contribution in [2.24, 2.45) is 0 Å². The SMILES string of the molecule is CC(=O)N[C@H]1[C@H](O[C@H]2[C@@H](O)[C@@H](CO[C@]3(C(=O)O)C[C@H](O)[C@@H](NC(C)=O)[C@H]([C@H](O)[C@H](O)CO)O3)OC(O)[C@@H]2NC(C)=O)O[C@H](CO)[C@@H](O[C@@H]2O[C@H](CO[C@]3(C(=O)O)C[C@H](O)[C@@H](NC(C)=O)[C@H]([C@H](O)[C@H](O)CO)O3)[C@H](O)[C@H](O[C@@H]3O[C@H](CO[C@]4(C(=O)O)C[C@H](O)[C@@H](NC(C)=O)[C@H]([C@H](O)[C@H](O)CO)O4)[C@@H](O)[C@H](O[C@@H]4O[C@H](CO)[C@H](O)[C@H](O)[C@H]4O)[C@H]3NC(C)=O)[C@H]2O)[C@@H]1O. The first-order valence-corrected chi connectivity index (χ1v) is 39.0. The molecule has 6 amide bonds. The van der Waals surface area contributed by atoms with Gasteiger partial charge in [-0.2, -0.15) is 0 Å². The Labute approximate surface area is 706 Å². The van der Waals surface area contributed by atoms with Crippen LogP contribution in [-0.2, 0) is 114 Å². The molecule has 8 fully saturated rings. The number of carbonyl (C=O) groups is 9. The molecule has 8 heterocycles. The van der Waals surface area contributed by atoms with Gasteiger partial charge in [-0.15, -0.1) is 0 Å². The zero-order valence-electron chi connectivity index (χ0n) is 67.3. The molecule has 56 heteroatoms. The second kappa shape index (κ2) is 44.1. The standard InChI is InChI=1S/C69H112N6O50/c1-18(81)70-35-24(87)7-67(64(105)106,123-55(35)41(93)27(90)10-76)111-15-32-45(97)53(39(59(104)114-32)74-22(5)85)120-60-38(73-21(4)84)48(100)52(31(14-80)116-60)119-63-51(103)58(47(99)34(118-63)17-113-69(66(109)110)9-26(89)37(72-20(3)83)57(125-69)43(95)29(92)12-78)122-61-40(75-23(6)86)54(121-62-50(102)49(101)44(96)30(13-79)115-62)46(98)33(117-61)16-112-68(65(107)108)8-25(88)36(71-19(2)82)56(124-68)42(94)28(91)11-77/h24-63,76-80,87-104H,7-17H2,1-6H3,(H,70,81)(H,71,82)(H,72,83)(H,73,84)(H,74,85)(H,75,86)(H,105,106)(H,107,108)(H,109,110)/t24-,25-,26-,27+,28+,29+,30+,31+,32+,33+,34+,35+,36+,37+,38+,39+,40+,41+,42+,43+,44-,45-,46+,47-,48+,49-,50+,51+,52+,53+,54+,55+,56+,57+,58-,59?,60-,61-,62-,63-,67+,68+,69+/m0/s1. The Morgan fingerprint density at radius 2 is 0.608 bits per heavy atom. The van der Waals surface area contributed by atoms with Crippen molar-refractivity contribution in [2.45, 2.75) is 323 Å². The summed E-state index contributed by atoms with van der Waals surface area (Å²) in [4.78, 5) is 117. The molecular formula is C69H112N6O50. The third kappa shape index (κ3) is 23.7. The number of aliphatic hydroxyl groups is 23. The lowest BCUT2D eigenvalue weighted by Crippen LogP contribution is -2.72. The minimum absolute atomic E-state index is 0.802. The van der Waals surface area contributed by atoms with Crippen LogP contribution in [0.2, 0.25) is 0 Å². The second-order valence-electron chi connectivity index (χ2n) is 31.2. The van der Waals surface area contributed by atoms with E-state index in [0.717, 1.165) is 41.5 Å². The van der Waals surface area contributed by atoms with Gasteiger partial charge in [0.2, 0.25) is 35.4 Å². The molecule has 0 bridgehead atoms. The number of ether oxygens (including phenoxy) is 15. The zero-order valence-corrected chi connectivity index (χ0v) is 67.3. The van der Waals surface area contributed by atoms with E-state index in [2.05, 4.69) is 31.9 Å². The molecule has 0 aliphatic carbocycles. The highest BCUT2D eigenvalue weighted by molar-refractivity contribution is 5.79. The number of aliphatic hydroxyl groups excluding tert-OH is 23.